The van der Waals surface area contributed by atoms with Gasteiger partial charge >= 0.3 is 6.03 Å². The predicted molar refractivity (Wildman–Crippen MR) is 87.7 cm³/mol. The molecule has 1 saturated heterocycles. The highest BCUT2D eigenvalue weighted by atomic mass is 19.1. The average Bonchev–Trinajstić information content (AvgIpc) is 2.92. The zero-order chi connectivity index (χ0) is 17.5. The summed E-state index contributed by atoms with van der Waals surface area (Å²) in [5, 5.41) is 14.6. The Balaban J connectivity index is 1.66. The van der Waals surface area contributed by atoms with Gasteiger partial charge in [0.2, 0.25) is 0 Å². The van der Waals surface area contributed by atoms with Crippen molar-refractivity contribution >= 4 is 6.03 Å². The average molecular weight is 334 g/mol. The highest BCUT2D eigenvalue weighted by Gasteiger charge is 2.32. The van der Waals surface area contributed by atoms with E-state index in [9.17, 15) is 9.18 Å². The van der Waals surface area contributed by atoms with Crippen LogP contribution in [-0.4, -0.2) is 24.8 Å². The fourth-order valence-electron chi connectivity index (χ4n) is 2.66. The summed E-state index contributed by atoms with van der Waals surface area (Å²) in [4.78, 5) is 11.9. The van der Waals surface area contributed by atoms with Gasteiger partial charge in [-0.25, -0.2) is 14.6 Å². The first-order valence-corrected chi connectivity index (χ1v) is 7.97. The molecule has 0 aromatic heterocycles. The number of nitrogens with two attached hydrogens (primary N) is 1. The second kappa shape index (κ2) is 8.59. The number of nitrogens with zero attached hydrogens (tertiary/aromatic N) is 1. The van der Waals surface area contributed by atoms with Crippen molar-refractivity contribution in [2.45, 2.75) is 38.0 Å². The molecule has 130 valence electrons. The van der Waals surface area contributed by atoms with Gasteiger partial charge in [0.25, 0.3) is 0 Å². The fourth-order valence-corrected chi connectivity index (χ4v) is 2.66. The number of rotatable bonds is 6. The number of benzene rings is 1. The number of hydrogen-bond acceptors (Lipinski definition) is 5. The lowest BCUT2D eigenvalue weighted by Crippen LogP contribution is -2.39. The van der Waals surface area contributed by atoms with E-state index in [1.165, 1.54) is 12.1 Å². The standard InChI is InChI=1S/C16H23FN6O/c1-10(11-4-6-12(17)7-5-11)21-16(24)20-8-2-3-14-13(9-18)15(19)23-22-14/h4-7,10,13-15,22-23H,2-3,8,19H2,1H3,(H2,20,21,24). The molecule has 2 rings (SSSR count). The number of halogens is 1. The number of nitriles is 1. The van der Waals surface area contributed by atoms with Gasteiger partial charge in [0.05, 0.1) is 24.2 Å². The van der Waals surface area contributed by atoms with E-state index in [1.807, 2.05) is 6.92 Å². The monoisotopic (exact) mass is 334 g/mol. The molecule has 1 fully saturated rings. The molecule has 0 bridgehead atoms. The summed E-state index contributed by atoms with van der Waals surface area (Å²) >= 11 is 0. The number of carbonyl (C=O) groups excluding carboxylic acids is 1. The van der Waals surface area contributed by atoms with Gasteiger partial charge in [-0.05, 0) is 37.5 Å². The first-order chi connectivity index (χ1) is 11.5. The first-order valence-electron chi connectivity index (χ1n) is 7.97. The zero-order valence-corrected chi connectivity index (χ0v) is 13.6. The van der Waals surface area contributed by atoms with Gasteiger partial charge in [-0.15, -0.1) is 0 Å². The Kier molecular flexibility index (Phi) is 6.49. The summed E-state index contributed by atoms with van der Waals surface area (Å²) in [5.74, 6) is -0.585. The number of carbonyl (C=O) groups is 1. The van der Waals surface area contributed by atoms with E-state index in [4.69, 9.17) is 11.0 Å². The van der Waals surface area contributed by atoms with Crippen LogP contribution in [0.25, 0.3) is 0 Å². The zero-order valence-electron chi connectivity index (χ0n) is 13.6. The number of amides is 2. The molecule has 6 N–H and O–H groups in total. The topological polar surface area (TPSA) is 115 Å². The van der Waals surface area contributed by atoms with Crippen LogP contribution in [0.3, 0.4) is 0 Å². The van der Waals surface area contributed by atoms with Crippen LogP contribution in [-0.2, 0) is 0 Å². The third kappa shape index (κ3) is 4.89. The lowest BCUT2D eigenvalue weighted by molar-refractivity contribution is 0.237. The van der Waals surface area contributed by atoms with Crippen molar-refractivity contribution < 1.29 is 9.18 Å². The van der Waals surface area contributed by atoms with E-state index >= 15 is 0 Å². The molecule has 1 aliphatic heterocycles. The van der Waals surface area contributed by atoms with Crippen molar-refractivity contribution in [3.05, 3.63) is 35.6 Å². The highest BCUT2D eigenvalue weighted by molar-refractivity contribution is 5.74. The lowest BCUT2D eigenvalue weighted by atomic mass is 9.97. The van der Waals surface area contributed by atoms with Crippen LogP contribution in [0.4, 0.5) is 9.18 Å². The van der Waals surface area contributed by atoms with Crippen LogP contribution < -0.4 is 27.2 Å². The van der Waals surface area contributed by atoms with Gasteiger partial charge < -0.3 is 16.4 Å². The molecule has 2 amide bonds. The lowest BCUT2D eigenvalue weighted by Gasteiger charge is -2.16. The summed E-state index contributed by atoms with van der Waals surface area (Å²) in [6.07, 6.45) is 1.09. The molecule has 24 heavy (non-hydrogen) atoms. The maximum Gasteiger partial charge on any atom is 0.315 e. The van der Waals surface area contributed by atoms with Crippen LogP contribution in [0.2, 0.25) is 0 Å². The minimum atomic E-state index is -0.368. The van der Waals surface area contributed by atoms with Gasteiger partial charge in [-0.3, -0.25) is 5.43 Å². The summed E-state index contributed by atoms with van der Waals surface area (Å²) < 4.78 is 12.9. The second-order valence-corrected chi connectivity index (χ2v) is 5.89. The first kappa shape index (κ1) is 18.1. The normalized spacial score (nSPS) is 24.2. The number of hydrogen-bond donors (Lipinski definition) is 5. The van der Waals surface area contributed by atoms with Crippen molar-refractivity contribution in [2.24, 2.45) is 11.7 Å². The molecular weight excluding hydrogens is 311 g/mol. The summed E-state index contributed by atoms with van der Waals surface area (Å²) in [6, 6.07) is 7.69. The van der Waals surface area contributed by atoms with Crippen molar-refractivity contribution in [3.63, 3.8) is 0 Å². The molecule has 7 nitrogen and oxygen atoms in total. The highest BCUT2D eigenvalue weighted by Crippen LogP contribution is 2.15. The SMILES string of the molecule is CC(NC(=O)NCCCC1NNC(N)C1C#N)c1ccc(F)cc1. The van der Waals surface area contributed by atoms with E-state index in [2.05, 4.69) is 27.6 Å². The molecule has 4 atom stereocenters. The van der Waals surface area contributed by atoms with Crippen molar-refractivity contribution in [1.82, 2.24) is 21.5 Å². The van der Waals surface area contributed by atoms with E-state index in [1.54, 1.807) is 12.1 Å². The smallest absolute Gasteiger partial charge is 0.315 e. The predicted octanol–water partition coefficient (Wildman–Crippen LogP) is 0.867. The molecule has 8 heteroatoms. The Hall–Kier alpha value is -2.21. The Labute approximate surface area is 140 Å². The molecule has 0 saturated carbocycles. The van der Waals surface area contributed by atoms with Crippen LogP contribution in [0.5, 0.6) is 0 Å². The number of urea groups is 1. The Morgan fingerprint density at radius 3 is 2.79 bits per heavy atom. The van der Waals surface area contributed by atoms with Crippen molar-refractivity contribution in [1.29, 1.82) is 5.26 Å². The van der Waals surface area contributed by atoms with Crippen LogP contribution in [0.15, 0.2) is 24.3 Å². The molecule has 1 aromatic rings. The van der Waals surface area contributed by atoms with Crippen LogP contribution >= 0.6 is 0 Å². The molecule has 0 spiro atoms. The Morgan fingerprint density at radius 2 is 2.12 bits per heavy atom. The molecule has 1 aromatic carbocycles. The van der Waals surface area contributed by atoms with E-state index < -0.39 is 0 Å². The second-order valence-electron chi connectivity index (χ2n) is 5.89. The van der Waals surface area contributed by atoms with Gasteiger partial charge in [-0.1, -0.05) is 12.1 Å². The van der Waals surface area contributed by atoms with Gasteiger partial charge in [0.1, 0.15) is 5.82 Å². The number of hydrazine groups is 1. The molecule has 0 aliphatic carbocycles. The van der Waals surface area contributed by atoms with Gasteiger partial charge in [-0.2, -0.15) is 5.26 Å². The van der Waals surface area contributed by atoms with Gasteiger partial charge in [0, 0.05) is 12.6 Å². The molecule has 1 heterocycles. The quantitative estimate of drug-likeness (QED) is 0.495. The number of nitrogens with one attached hydrogen (secondary N) is 4. The van der Waals surface area contributed by atoms with Gasteiger partial charge in [0.15, 0.2) is 0 Å². The van der Waals surface area contributed by atoms with Crippen molar-refractivity contribution in [2.75, 3.05) is 6.54 Å². The Bertz CT molecular complexity index is 587. The van der Waals surface area contributed by atoms with E-state index in [-0.39, 0.29) is 36.0 Å². The summed E-state index contributed by atoms with van der Waals surface area (Å²) in [7, 11) is 0. The van der Waals surface area contributed by atoms with E-state index in [0.717, 1.165) is 18.4 Å². The molecule has 1 aliphatic rings. The molecular formula is C16H23FN6O. The van der Waals surface area contributed by atoms with E-state index in [0.29, 0.717) is 6.54 Å². The molecule has 0 radical (unpaired) electrons. The minimum absolute atomic E-state index is 0.0204. The minimum Gasteiger partial charge on any atom is -0.338 e. The van der Waals surface area contributed by atoms with Crippen LogP contribution in [0, 0.1) is 23.1 Å². The third-order valence-electron chi connectivity index (χ3n) is 4.10. The fraction of sp³-hybridized carbons (Fsp3) is 0.500. The summed E-state index contributed by atoms with van der Waals surface area (Å²) in [5.41, 5.74) is 12.4. The molecule has 4 unspecified atom stereocenters. The maximum atomic E-state index is 12.9. The van der Waals surface area contributed by atoms with Crippen molar-refractivity contribution in [3.8, 4) is 6.07 Å². The van der Waals surface area contributed by atoms with Crippen LogP contribution in [0.1, 0.15) is 31.4 Å². The third-order valence-corrected chi connectivity index (χ3v) is 4.10. The largest absolute Gasteiger partial charge is 0.338 e. The summed E-state index contributed by atoms with van der Waals surface area (Å²) in [6.45, 7) is 2.33. The Morgan fingerprint density at radius 1 is 1.42 bits per heavy atom. The maximum absolute atomic E-state index is 12.9.